The molecule has 2 heterocycles. The Hall–Kier alpha value is -3.40. The van der Waals surface area contributed by atoms with E-state index in [0.29, 0.717) is 40.8 Å². The molecule has 4 N–H and O–H groups in total. The van der Waals surface area contributed by atoms with E-state index in [1.807, 2.05) is 32.1 Å². The molecule has 0 bridgehead atoms. The van der Waals surface area contributed by atoms with Crippen LogP contribution < -0.4 is 15.5 Å². The highest BCUT2D eigenvalue weighted by Gasteiger charge is 2.37. The summed E-state index contributed by atoms with van der Waals surface area (Å²) in [5.41, 5.74) is 4.07. The highest BCUT2D eigenvalue weighted by atomic mass is 32.3. The van der Waals surface area contributed by atoms with E-state index in [1.54, 1.807) is 19.1 Å². The summed E-state index contributed by atoms with van der Waals surface area (Å²) < 4.78 is 29.3. The average Bonchev–Trinajstić information content (AvgIpc) is 3.73. The number of hydrogen-bond acceptors (Lipinski definition) is 7. The van der Waals surface area contributed by atoms with Crippen LogP contribution in [0.25, 0.3) is 16.5 Å². The predicted octanol–water partition coefficient (Wildman–Crippen LogP) is 6.27. The maximum Gasteiger partial charge on any atom is 0.290 e. The van der Waals surface area contributed by atoms with Gasteiger partial charge in [0.2, 0.25) is 0 Å². The van der Waals surface area contributed by atoms with Gasteiger partial charge >= 0.3 is 0 Å². The van der Waals surface area contributed by atoms with Crippen molar-refractivity contribution in [3.8, 4) is 0 Å². The molecular formula is C28H31N3O5S. The fraction of sp³-hybridized carbons (Fsp3) is 0.321. The number of amides is 1. The monoisotopic (exact) mass is 521 g/mol. The van der Waals surface area contributed by atoms with Crippen molar-refractivity contribution in [1.82, 2.24) is 9.71 Å². The number of fused-ring (bicyclic) bond motifs is 1. The molecule has 2 aliphatic rings. The van der Waals surface area contributed by atoms with Crippen LogP contribution in [0.1, 0.15) is 71.6 Å². The smallest absolute Gasteiger partial charge is 0.290 e. The number of benzene rings is 1. The molecule has 1 aromatic carbocycles. The lowest BCUT2D eigenvalue weighted by Gasteiger charge is -2.32. The lowest BCUT2D eigenvalue weighted by molar-refractivity contribution is 0.0974. The SMILES string of the molecule is Cc1cc([C@@H](C)Nc2cccnc2C(=O)NS(O)(O)C2CC2)c2oc(C3=CCCC=C3)c(C)c(=O)c2c1. The zero-order valence-corrected chi connectivity index (χ0v) is 21.9. The van der Waals surface area contributed by atoms with Crippen molar-refractivity contribution >= 4 is 38.9 Å². The van der Waals surface area contributed by atoms with Crippen LogP contribution in [0.2, 0.25) is 0 Å². The van der Waals surface area contributed by atoms with Gasteiger partial charge in [0, 0.05) is 22.9 Å². The molecule has 1 amide bonds. The minimum Gasteiger partial charge on any atom is -0.455 e. The maximum absolute atomic E-state index is 13.4. The van der Waals surface area contributed by atoms with Crippen molar-refractivity contribution in [2.75, 3.05) is 5.32 Å². The lowest BCUT2D eigenvalue weighted by Crippen LogP contribution is -2.31. The number of aromatic nitrogens is 1. The number of carbonyl (C=O) groups is 1. The molecule has 3 aromatic rings. The van der Waals surface area contributed by atoms with Crippen molar-refractivity contribution in [2.24, 2.45) is 0 Å². The van der Waals surface area contributed by atoms with E-state index < -0.39 is 16.7 Å². The van der Waals surface area contributed by atoms with Crippen LogP contribution in [0.15, 0.2) is 57.9 Å². The van der Waals surface area contributed by atoms with Gasteiger partial charge < -0.3 is 9.73 Å². The number of nitrogens with one attached hydrogen (secondary N) is 2. The third-order valence-corrected chi connectivity index (χ3v) is 8.63. The van der Waals surface area contributed by atoms with E-state index >= 15 is 0 Å². The van der Waals surface area contributed by atoms with Gasteiger partial charge in [0.15, 0.2) is 11.1 Å². The van der Waals surface area contributed by atoms with E-state index in [4.69, 9.17) is 4.42 Å². The summed E-state index contributed by atoms with van der Waals surface area (Å²) in [5.74, 6) is -0.0887. The van der Waals surface area contributed by atoms with E-state index in [1.165, 1.54) is 6.20 Å². The van der Waals surface area contributed by atoms with Gasteiger partial charge in [0.1, 0.15) is 11.3 Å². The number of aryl methyl sites for hydroxylation is 1. The third-order valence-electron chi connectivity index (χ3n) is 6.74. The number of rotatable bonds is 7. The van der Waals surface area contributed by atoms with E-state index in [-0.39, 0.29) is 22.4 Å². The van der Waals surface area contributed by atoms with Crippen LogP contribution in [0.3, 0.4) is 0 Å². The third kappa shape index (κ3) is 5.07. The first kappa shape index (κ1) is 25.3. The normalized spacial score (nSPS) is 16.8. The first-order valence-corrected chi connectivity index (χ1v) is 14.0. The van der Waals surface area contributed by atoms with Crippen LogP contribution >= 0.6 is 10.8 Å². The molecule has 0 saturated heterocycles. The molecule has 9 heteroatoms. The molecule has 1 fully saturated rings. The second kappa shape index (κ2) is 9.81. The fourth-order valence-corrected chi connectivity index (χ4v) is 5.95. The Morgan fingerprint density at radius 3 is 2.70 bits per heavy atom. The molecular weight excluding hydrogens is 490 g/mol. The maximum atomic E-state index is 13.4. The number of carbonyl (C=O) groups excluding carboxylic acids is 1. The molecule has 5 rings (SSSR count). The molecule has 2 aliphatic carbocycles. The molecule has 0 radical (unpaired) electrons. The van der Waals surface area contributed by atoms with Crippen molar-refractivity contribution < 1.29 is 18.3 Å². The number of pyridine rings is 1. The molecule has 194 valence electrons. The summed E-state index contributed by atoms with van der Waals surface area (Å²) in [5, 5.41) is 3.53. The topological polar surface area (TPSA) is 125 Å². The highest BCUT2D eigenvalue weighted by molar-refractivity contribution is 8.23. The predicted molar refractivity (Wildman–Crippen MR) is 148 cm³/mol. The minimum absolute atomic E-state index is 0.0578. The number of allylic oxidation sites excluding steroid dienone is 4. The van der Waals surface area contributed by atoms with Gasteiger partial charge in [-0.1, -0.05) is 24.3 Å². The average molecular weight is 522 g/mol. The number of anilines is 1. The summed E-state index contributed by atoms with van der Waals surface area (Å²) in [6.07, 6.45) is 10.8. The molecule has 0 unspecified atom stereocenters. The zero-order valence-electron chi connectivity index (χ0n) is 21.1. The Bertz CT molecular complexity index is 1500. The summed E-state index contributed by atoms with van der Waals surface area (Å²) in [6, 6.07) is 6.85. The van der Waals surface area contributed by atoms with Gasteiger partial charge in [-0.25, -0.2) is 9.71 Å². The van der Waals surface area contributed by atoms with Crippen molar-refractivity contribution in [1.29, 1.82) is 0 Å². The second-order valence-corrected chi connectivity index (χ2v) is 11.8. The molecule has 37 heavy (non-hydrogen) atoms. The largest absolute Gasteiger partial charge is 0.455 e. The van der Waals surface area contributed by atoms with Crippen LogP contribution in [-0.2, 0) is 0 Å². The Morgan fingerprint density at radius 1 is 1.22 bits per heavy atom. The van der Waals surface area contributed by atoms with Crippen LogP contribution in [0, 0.1) is 13.8 Å². The lowest BCUT2D eigenvalue weighted by atomic mass is 9.97. The van der Waals surface area contributed by atoms with Gasteiger partial charge in [-0.15, -0.1) is 10.8 Å². The van der Waals surface area contributed by atoms with Crippen LogP contribution in [0.4, 0.5) is 5.69 Å². The van der Waals surface area contributed by atoms with Gasteiger partial charge in [0.25, 0.3) is 5.91 Å². The Balaban J connectivity index is 1.52. The van der Waals surface area contributed by atoms with E-state index in [9.17, 15) is 18.7 Å². The van der Waals surface area contributed by atoms with Gasteiger partial charge in [-0.05, 0) is 70.2 Å². The minimum atomic E-state index is -3.22. The van der Waals surface area contributed by atoms with E-state index in [2.05, 4.69) is 27.2 Å². The molecule has 2 aromatic heterocycles. The summed E-state index contributed by atoms with van der Waals surface area (Å²) in [4.78, 5) is 30.5. The summed E-state index contributed by atoms with van der Waals surface area (Å²) >= 11 is 0. The van der Waals surface area contributed by atoms with Crippen molar-refractivity contribution in [3.05, 3.63) is 87.1 Å². The van der Waals surface area contributed by atoms with E-state index in [0.717, 1.165) is 29.5 Å². The first-order valence-electron chi connectivity index (χ1n) is 12.4. The van der Waals surface area contributed by atoms with Crippen molar-refractivity contribution in [3.63, 3.8) is 0 Å². The number of hydrogen-bond donors (Lipinski definition) is 4. The summed E-state index contributed by atoms with van der Waals surface area (Å²) in [7, 11) is -3.22. The van der Waals surface area contributed by atoms with Crippen LogP contribution in [-0.4, -0.2) is 25.2 Å². The van der Waals surface area contributed by atoms with Crippen LogP contribution in [0.5, 0.6) is 0 Å². The Labute approximate surface area is 217 Å². The molecule has 0 aliphatic heterocycles. The number of nitrogens with zero attached hydrogens (tertiary/aromatic N) is 1. The molecule has 0 spiro atoms. The first-order chi connectivity index (χ1) is 17.7. The quantitative estimate of drug-likeness (QED) is 0.289. The van der Waals surface area contributed by atoms with Gasteiger partial charge in [-0.2, -0.15) is 0 Å². The molecule has 1 atom stereocenters. The highest BCUT2D eigenvalue weighted by Crippen LogP contribution is 2.52. The van der Waals surface area contributed by atoms with Gasteiger partial charge in [-0.3, -0.25) is 18.7 Å². The summed E-state index contributed by atoms with van der Waals surface area (Å²) in [6.45, 7) is 5.64. The molecule has 8 nitrogen and oxygen atoms in total. The van der Waals surface area contributed by atoms with Gasteiger partial charge in [0.05, 0.1) is 22.4 Å². The Morgan fingerprint density at radius 2 is 2.00 bits per heavy atom. The van der Waals surface area contributed by atoms with Crippen molar-refractivity contribution in [2.45, 2.75) is 57.7 Å². The second-order valence-electron chi connectivity index (χ2n) is 9.74. The molecule has 1 saturated carbocycles. The fourth-order valence-electron chi connectivity index (χ4n) is 4.62. The standard InChI is InChI=1S/C28H31N3O5S/c1-16-14-21(27-22(15-16)25(32)17(2)26(36-27)19-8-5-4-6-9-19)18(3)30-23-10-7-13-29-24(23)28(33)31-37(34,35)20-11-12-20/h5,7-10,13-15,18,20,30,34-35H,4,6,11-12H2,1-3H3,(H,31,33)/t18-/m1/s1. The zero-order chi connectivity index (χ0) is 26.3. The Kier molecular flexibility index (Phi) is 6.70.